The summed E-state index contributed by atoms with van der Waals surface area (Å²) in [6, 6.07) is 6.48. The van der Waals surface area contributed by atoms with E-state index < -0.39 is 11.8 Å². The molecule has 0 atom stereocenters. The largest absolute Gasteiger partial charge is 0.504 e. The molecule has 0 radical (unpaired) electrons. The third-order valence-corrected chi connectivity index (χ3v) is 3.41. The van der Waals surface area contributed by atoms with Gasteiger partial charge >= 0.3 is 0 Å². The van der Waals surface area contributed by atoms with E-state index in [2.05, 4.69) is 5.32 Å². The lowest BCUT2D eigenvalue weighted by Crippen LogP contribution is -2.30. The van der Waals surface area contributed by atoms with Crippen LogP contribution in [0.2, 0.25) is 0 Å². The summed E-state index contributed by atoms with van der Waals surface area (Å²) in [5, 5.41) is 21.6. The maximum atomic E-state index is 12.3. The monoisotopic (exact) mass is 347 g/mol. The van der Waals surface area contributed by atoms with Gasteiger partial charge in [-0.3, -0.25) is 14.9 Å². The van der Waals surface area contributed by atoms with Crippen molar-refractivity contribution in [2.75, 3.05) is 21.3 Å². The average molecular weight is 347 g/mol. The van der Waals surface area contributed by atoms with Crippen LogP contribution in [0.3, 0.4) is 0 Å². The Morgan fingerprint density at radius 3 is 1.80 bits per heavy atom. The molecule has 0 aliphatic rings. The van der Waals surface area contributed by atoms with Crippen LogP contribution in [0.4, 0.5) is 0 Å². The summed E-state index contributed by atoms with van der Waals surface area (Å²) in [6.45, 7) is 0. The predicted molar refractivity (Wildman–Crippen MR) is 87.7 cm³/mol. The normalized spacial score (nSPS) is 10.0. The average Bonchev–Trinajstić information content (AvgIpc) is 2.62. The van der Waals surface area contributed by atoms with Gasteiger partial charge in [0.15, 0.2) is 23.0 Å². The summed E-state index contributed by atoms with van der Waals surface area (Å²) in [4.78, 5) is 24.5. The Labute approximate surface area is 143 Å². The fourth-order valence-corrected chi connectivity index (χ4v) is 2.09. The molecular formula is C17H17NO7. The number of carbonyl (C=O) groups excluding carboxylic acids is 2. The van der Waals surface area contributed by atoms with Gasteiger partial charge in [-0.15, -0.1) is 0 Å². The molecular weight excluding hydrogens is 330 g/mol. The molecule has 2 rings (SSSR count). The van der Waals surface area contributed by atoms with Crippen molar-refractivity contribution in [1.82, 2.24) is 5.32 Å². The minimum absolute atomic E-state index is 0.0308. The minimum atomic E-state index is -0.714. The number of carbonyl (C=O) groups is 2. The lowest BCUT2D eigenvalue weighted by Gasteiger charge is -2.11. The Morgan fingerprint density at radius 2 is 1.28 bits per heavy atom. The molecule has 0 spiro atoms. The quantitative estimate of drug-likeness (QED) is 0.705. The maximum absolute atomic E-state index is 12.3. The third-order valence-electron chi connectivity index (χ3n) is 3.41. The summed E-state index contributed by atoms with van der Waals surface area (Å²) in [7, 11) is 3.99. The predicted octanol–water partition coefficient (Wildman–Crippen LogP) is 1.69. The first kappa shape index (κ1) is 17.9. The number of hydrogen-bond acceptors (Lipinski definition) is 7. The highest BCUT2D eigenvalue weighted by molar-refractivity contribution is 6.10. The fourth-order valence-electron chi connectivity index (χ4n) is 2.09. The van der Waals surface area contributed by atoms with Crippen molar-refractivity contribution in [2.24, 2.45) is 0 Å². The molecule has 3 N–H and O–H groups in total. The van der Waals surface area contributed by atoms with Crippen molar-refractivity contribution in [3.8, 4) is 28.7 Å². The zero-order chi connectivity index (χ0) is 18.6. The van der Waals surface area contributed by atoms with Gasteiger partial charge in [0.05, 0.1) is 21.3 Å². The smallest absolute Gasteiger partial charge is 0.258 e. The standard InChI is InChI=1S/C17H17NO7/c1-23-12-6-9(4-5-11(12)19)16(21)18-17(22)10-7-13(24-2)15(20)14(8-10)25-3/h4-8,19-20H,1-3H3,(H,18,21,22). The topological polar surface area (TPSA) is 114 Å². The van der Waals surface area contributed by atoms with E-state index in [-0.39, 0.29) is 39.9 Å². The summed E-state index contributed by atoms with van der Waals surface area (Å²) in [6.07, 6.45) is 0. The molecule has 0 heterocycles. The van der Waals surface area contributed by atoms with Gasteiger partial charge in [0.25, 0.3) is 11.8 Å². The van der Waals surface area contributed by atoms with Gasteiger partial charge in [-0.25, -0.2) is 0 Å². The van der Waals surface area contributed by atoms with E-state index in [1.165, 1.54) is 51.7 Å². The van der Waals surface area contributed by atoms with Gasteiger partial charge < -0.3 is 24.4 Å². The first-order chi connectivity index (χ1) is 11.9. The number of aromatic hydroxyl groups is 2. The molecule has 0 fully saturated rings. The van der Waals surface area contributed by atoms with Gasteiger partial charge in [0, 0.05) is 11.1 Å². The molecule has 0 saturated carbocycles. The Morgan fingerprint density at radius 1 is 0.800 bits per heavy atom. The van der Waals surface area contributed by atoms with Crippen molar-refractivity contribution in [1.29, 1.82) is 0 Å². The SMILES string of the molecule is COc1cc(C(=O)NC(=O)c2cc(OC)c(O)c(OC)c2)ccc1O. The van der Waals surface area contributed by atoms with Gasteiger partial charge in [-0.2, -0.15) is 0 Å². The highest BCUT2D eigenvalue weighted by Gasteiger charge is 2.18. The molecule has 2 amide bonds. The third kappa shape index (κ3) is 3.74. The van der Waals surface area contributed by atoms with E-state index in [0.29, 0.717) is 0 Å². The number of ether oxygens (including phenoxy) is 3. The van der Waals surface area contributed by atoms with Gasteiger partial charge in [-0.05, 0) is 30.3 Å². The Hall–Kier alpha value is -3.42. The van der Waals surface area contributed by atoms with Crippen LogP contribution < -0.4 is 19.5 Å². The number of benzene rings is 2. The first-order valence-corrected chi connectivity index (χ1v) is 7.09. The van der Waals surface area contributed by atoms with Crippen molar-refractivity contribution >= 4 is 11.8 Å². The van der Waals surface area contributed by atoms with Crippen LogP contribution in [0.25, 0.3) is 0 Å². The fraction of sp³-hybridized carbons (Fsp3) is 0.176. The summed E-state index contributed by atoms with van der Waals surface area (Å²) < 4.78 is 14.9. The minimum Gasteiger partial charge on any atom is -0.504 e. The number of phenolic OH excluding ortho intramolecular Hbond substituents is 2. The van der Waals surface area contributed by atoms with Crippen LogP contribution in [0.1, 0.15) is 20.7 Å². The molecule has 8 heteroatoms. The second kappa shape index (κ2) is 7.43. The van der Waals surface area contributed by atoms with Crippen LogP contribution in [-0.2, 0) is 0 Å². The van der Waals surface area contributed by atoms with Crippen molar-refractivity contribution in [3.63, 3.8) is 0 Å². The van der Waals surface area contributed by atoms with E-state index in [4.69, 9.17) is 14.2 Å². The molecule has 25 heavy (non-hydrogen) atoms. The van der Waals surface area contributed by atoms with Crippen LogP contribution >= 0.6 is 0 Å². The molecule has 0 unspecified atom stereocenters. The number of methoxy groups -OCH3 is 3. The van der Waals surface area contributed by atoms with Crippen molar-refractivity contribution < 1.29 is 34.0 Å². The van der Waals surface area contributed by atoms with E-state index in [1.54, 1.807) is 0 Å². The second-order valence-electron chi connectivity index (χ2n) is 4.90. The molecule has 0 aliphatic heterocycles. The van der Waals surface area contributed by atoms with Crippen LogP contribution in [0, 0.1) is 0 Å². The highest BCUT2D eigenvalue weighted by Crippen LogP contribution is 2.37. The van der Waals surface area contributed by atoms with Gasteiger partial charge in [-0.1, -0.05) is 0 Å². The zero-order valence-electron chi connectivity index (χ0n) is 13.8. The van der Waals surface area contributed by atoms with Crippen LogP contribution in [0.5, 0.6) is 28.7 Å². The van der Waals surface area contributed by atoms with Crippen molar-refractivity contribution in [3.05, 3.63) is 41.5 Å². The molecule has 8 nitrogen and oxygen atoms in total. The van der Waals surface area contributed by atoms with E-state index >= 15 is 0 Å². The Kier molecular flexibility index (Phi) is 5.33. The number of nitrogens with one attached hydrogen (secondary N) is 1. The molecule has 132 valence electrons. The lowest BCUT2D eigenvalue weighted by molar-refractivity contribution is 0.0848. The maximum Gasteiger partial charge on any atom is 0.258 e. The Bertz CT molecular complexity index is 792. The number of amides is 2. The molecule has 0 aromatic heterocycles. The van der Waals surface area contributed by atoms with Gasteiger partial charge in [0.2, 0.25) is 5.75 Å². The molecule has 2 aromatic rings. The van der Waals surface area contributed by atoms with Crippen LogP contribution in [-0.4, -0.2) is 43.4 Å². The number of imide groups is 1. The molecule has 0 bridgehead atoms. The summed E-state index contributed by atoms with van der Waals surface area (Å²) in [5.41, 5.74) is 0.186. The highest BCUT2D eigenvalue weighted by atomic mass is 16.5. The summed E-state index contributed by atoms with van der Waals surface area (Å²) >= 11 is 0. The zero-order valence-corrected chi connectivity index (χ0v) is 13.8. The first-order valence-electron chi connectivity index (χ1n) is 7.09. The Balaban J connectivity index is 2.26. The molecule has 0 aliphatic carbocycles. The number of phenols is 2. The lowest BCUT2D eigenvalue weighted by atomic mass is 10.1. The van der Waals surface area contributed by atoms with E-state index in [1.807, 2.05) is 0 Å². The van der Waals surface area contributed by atoms with Gasteiger partial charge in [0.1, 0.15) is 0 Å². The van der Waals surface area contributed by atoms with Crippen molar-refractivity contribution in [2.45, 2.75) is 0 Å². The molecule has 2 aromatic carbocycles. The van der Waals surface area contributed by atoms with E-state index in [0.717, 1.165) is 0 Å². The second-order valence-corrected chi connectivity index (χ2v) is 4.90. The summed E-state index contributed by atoms with van der Waals surface area (Å²) in [5.74, 6) is -1.61. The number of rotatable bonds is 5. The number of hydrogen-bond donors (Lipinski definition) is 3. The molecule has 0 saturated heterocycles. The van der Waals surface area contributed by atoms with Crippen LogP contribution in [0.15, 0.2) is 30.3 Å². The van der Waals surface area contributed by atoms with E-state index in [9.17, 15) is 19.8 Å².